The highest BCUT2D eigenvalue weighted by Gasteiger charge is 2.38. The van der Waals surface area contributed by atoms with Gasteiger partial charge in [0, 0.05) is 19.8 Å². The monoisotopic (exact) mass is 515 g/mol. The molecule has 2 aliphatic rings. The highest BCUT2D eigenvalue weighted by atomic mass is 19.4. The number of rotatable bonds is 8. The SMILES string of the molecule is CC(OC(=O)OC1CCCCC1)OC(=O)c1cccc2c1OB(O)C(NC(=O)CCCC(F)(F)F)C2. The molecular weight excluding hydrogens is 486 g/mol. The van der Waals surface area contributed by atoms with Gasteiger partial charge in [-0.1, -0.05) is 18.6 Å². The fraction of sp³-hybridized carbons (Fsp3) is 0.609. The second-order valence-electron chi connectivity index (χ2n) is 8.87. The summed E-state index contributed by atoms with van der Waals surface area (Å²) < 4.78 is 57.7. The molecule has 36 heavy (non-hydrogen) atoms. The summed E-state index contributed by atoms with van der Waals surface area (Å²) in [7, 11) is -1.54. The number of nitrogens with one attached hydrogen (secondary N) is 1. The van der Waals surface area contributed by atoms with E-state index in [0.29, 0.717) is 5.56 Å². The van der Waals surface area contributed by atoms with Crippen LogP contribution in [0.25, 0.3) is 0 Å². The molecule has 0 aromatic heterocycles. The normalized spacial score (nSPS) is 18.9. The molecule has 1 fully saturated rings. The molecule has 9 nitrogen and oxygen atoms in total. The quantitative estimate of drug-likeness (QED) is 0.305. The van der Waals surface area contributed by atoms with Gasteiger partial charge < -0.3 is 29.2 Å². The Morgan fingerprint density at radius 1 is 1.19 bits per heavy atom. The van der Waals surface area contributed by atoms with E-state index in [-0.39, 0.29) is 36.7 Å². The number of ether oxygens (including phenoxy) is 3. The molecule has 2 atom stereocenters. The molecule has 0 saturated heterocycles. The lowest BCUT2D eigenvalue weighted by molar-refractivity contribution is -0.137. The van der Waals surface area contributed by atoms with Crippen molar-refractivity contribution in [3.8, 4) is 5.75 Å². The summed E-state index contributed by atoms with van der Waals surface area (Å²) in [6.45, 7) is 1.36. The van der Waals surface area contributed by atoms with Crippen molar-refractivity contribution in [3.63, 3.8) is 0 Å². The number of carbonyl (C=O) groups excluding carboxylic acids is 3. The molecule has 0 radical (unpaired) electrons. The molecule has 1 aliphatic carbocycles. The van der Waals surface area contributed by atoms with Gasteiger partial charge in [-0.25, -0.2) is 9.59 Å². The van der Waals surface area contributed by atoms with Crippen LogP contribution in [0.3, 0.4) is 0 Å². The Bertz CT molecular complexity index is 938. The van der Waals surface area contributed by atoms with Gasteiger partial charge >= 0.3 is 25.4 Å². The van der Waals surface area contributed by atoms with Crippen molar-refractivity contribution >= 4 is 25.2 Å². The largest absolute Gasteiger partial charge is 0.547 e. The summed E-state index contributed by atoms with van der Waals surface area (Å²) in [5.41, 5.74) is 0.443. The summed E-state index contributed by atoms with van der Waals surface area (Å²) in [5, 5.41) is 12.8. The topological polar surface area (TPSA) is 120 Å². The van der Waals surface area contributed by atoms with Crippen LogP contribution in [0.4, 0.5) is 18.0 Å². The smallest absolute Gasteiger partial charge is 0.534 e. The number of esters is 1. The van der Waals surface area contributed by atoms with Crippen molar-refractivity contribution in [2.75, 3.05) is 0 Å². The number of para-hydroxylation sites is 1. The van der Waals surface area contributed by atoms with Crippen LogP contribution in [-0.4, -0.2) is 54.7 Å². The number of alkyl halides is 3. The van der Waals surface area contributed by atoms with Gasteiger partial charge in [-0.3, -0.25) is 4.79 Å². The Morgan fingerprint density at radius 2 is 1.92 bits per heavy atom. The number of hydrogen-bond acceptors (Lipinski definition) is 8. The van der Waals surface area contributed by atoms with E-state index in [1.807, 2.05) is 0 Å². The van der Waals surface area contributed by atoms with Gasteiger partial charge in [0.1, 0.15) is 17.4 Å². The second kappa shape index (κ2) is 12.3. The zero-order valence-electron chi connectivity index (χ0n) is 19.8. The zero-order chi connectivity index (χ0) is 26.3. The first-order valence-corrected chi connectivity index (χ1v) is 11.9. The number of hydrogen-bond donors (Lipinski definition) is 2. The highest BCUT2D eigenvalue weighted by molar-refractivity contribution is 6.47. The lowest BCUT2D eigenvalue weighted by Crippen LogP contribution is -2.53. The number of amides is 1. The van der Waals surface area contributed by atoms with Crippen molar-refractivity contribution in [2.24, 2.45) is 0 Å². The van der Waals surface area contributed by atoms with Crippen LogP contribution in [0.2, 0.25) is 0 Å². The molecule has 3 rings (SSSR count). The van der Waals surface area contributed by atoms with Crippen molar-refractivity contribution in [2.45, 2.75) is 89.2 Å². The van der Waals surface area contributed by atoms with Gasteiger partial charge in [-0.2, -0.15) is 13.2 Å². The first-order chi connectivity index (χ1) is 17.0. The van der Waals surface area contributed by atoms with E-state index in [9.17, 15) is 32.6 Å². The third-order valence-electron chi connectivity index (χ3n) is 5.90. The Kier molecular flexibility index (Phi) is 9.46. The fourth-order valence-electron chi connectivity index (χ4n) is 4.16. The number of halogens is 3. The van der Waals surface area contributed by atoms with Crippen LogP contribution in [0.5, 0.6) is 5.75 Å². The van der Waals surface area contributed by atoms with Crippen LogP contribution in [-0.2, 0) is 25.4 Å². The molecule has 13 heteroatoms. The van der Waals surface area contributed by atoms with Crippen molar-refractivity contribution < 1.29 is 51.4 Å². The predicted octanol–water partition coefficient (Wildman–Crippen LogP) is 3.85. The van der Waals surface area contributed by atoms with Crippen molar-refractivity contribution in [1.29, 1.82) is 0 Å². The van der Waals surface area contributed by atoms with Crippen molar-refractivity contribution in [3.05, 3.63) is 29.3 Å². The van der Waals surface area contributed by atoms with Gasteiger partial charge in [0.05, 0.1) is 5.94 Å². The van der Waals surface area contributed by atoms with Gasteiger partial charge in [0.2, 0.25) is 12.2 Å². The van der Waals surface area contributed by atoms with Crippen LogP contribution < -0.4 is 9.97 Å². The van der Waals surface area contributed by atoms with E-state index in [0.717, 1.165) is 32.1 Å². The van der Waals surface area contributed by atoms with Gasteiger partial charge in [0.25, 0.3) is 0 Å². The van der Waals surface area contributed by atoms with E-state index >= 15 is 0 Å². The fourth-order valence-corrected chi connectivity index (χ4v) is 4.16. The molecule has 2 N–H and O–H groups in total. The molecule has 2 unspecified atom stereocenters. The van der Waals surface area contributed by atoms with Crippen LogP contribution >= 0.6 is 0 Å². The minimum absolute atomic E-state index is 0.0300. The number of carbonyl (C=O) groups is 3. The Labute approximate surface area is 206 Å². The molecule has 1 aromatic carbocycles. The maximum atomic E-state index is 12.7. The first kappa shape index (κ1) is 27.6. The summed E-state index contributed by atoms with van der Waals surface area (Å²) in [4.78, 5) is 36.7. The van der Waals surface area contributed by atoms with Crippen LogP contribution in [0.1, 0.15) is 74.2 Å². The van der Waals surface area contributed by atoms with Gasteiger partial charge in [-0.15, -0.1) is 0 Å². The minimum Gasteiger partial charge on any atom is -0.534 e. The molecule has 1 saturated carbocycles. The third-order valence-corrected chi connectivity index (χ3v) is 5.90. The Balaban J connectivity index is 1.53. The summed E-state index contributed by atoms with van der Waals surface area (Å²) in [5.74, 6) is -2.41. The molecule has 1 aliphatic heterocycles. The number of fused-ring (bicyclic) bond motifs is 1. The molecule has 1 amide bonds. The second-order valence-corrected chi connectivity index (χ2v) is 8.87. The first-order valence-electron chi connectivity index (χ1n) is 11.9. The van der Waals surface area contributed by atoms with Crippen molar-refractivity contribution in [1.82, 2.24) is 5.32 Å². The highest BCUT2D eigenvalue weighted by Crippen LogP contribution is 2.31. The maximum Gasteiger partial charge on any atom is 0.547 e. The maximum absolute atomic E-state index is 12.7. The molecular formula is C23H29BF3NO8. The molecule has 1 heterocycles. The summed E-state index contributed by atoms with van der Waals surface area (Å²) in [6.07, 6.45) is -3.95. The zero-order valence-corrected chi connectivity index (χ0v) is 19.8. The summed E-state index contributed by atoms with van der Waals surface area (Å²) in [6, 6.07) is 4.56. The van der Waals surface area contributed by atoms with E-state index in [2.05, 4.69) is 5.32 Å². The lowest BCUT2D eigenvalue weighted by Gasteiger charge is -2.29. The van der Waals surface area contributed by atoms with E-state index in [4.69, 9.17) is 18.9 Å². The predicted molar refractivity (Wildman–Crippen MR) is 120 cm³/mol. The average molecular weight is 515 g/mol. The van der Waals surface area contributed by atoms with Gasteiger partial charge in [-0.05, 0) is 50.2 Å². The molecule has 1 aromatic rings. The summed E-state index contributed by atoms with van der Waals surface area (Å²) >= 11 is 0. The van der Waals surface area contributed by atoms with E-state index in [1.54, 1.807) is 12.1 Å². The molecule has 198 valence electrons. The van der Waals surface area contributed by atoms with Crippen LogP contribution in [0.15, 0.2) is 18.2 Å². The third kappa shape index (κ3) is 8.32. The van der Waals surface area contributed by atoms with E-state index in [1.165, 1.54) is 13.0 Å². The lowest BCUT2D eigenvalue weighted by atomic mass is 9.72. The average Bonchev–Trinajstić information content (AvgIpc) is 2.78. The molecule has 0 bridgehead atoms. The minimum atomic E-state index is -4.35. The Morgan fingerprint density at radius 3 is 2.61 bits per heavy atom. The molecule has 0 spiro atoms. The van der Waals surface area contributed by atoms with Gasteiger partial charge in [0.15, 0.2) is 0 Å². The standard InChI is InChI=1S/C23H29BF3NO8/c1-14(34-22(31)35-16-8-3-2-4-9-16)33-21(30)17-10-5-7-15-13-18(24(32)36-20(15)17)28-19(29)11-6-12-23(25,26)27/h5,7,10,14,16,18,32H,2-4,6,8-9,11-13H2,1H3,(H,28,29). The van der Waals surface area contributed by atoms with Crippen LogP contribution in [0, 0.1) is 0 Å². The number of benzene rings is 1. The Hall–Kier alpha value is -2.96. The van der Waals surface area contributed by atoms with E-state index < -0.39 is 50.0 Å².